The Labute approximate surface area is 180 Å². The topological polar surface area (TPSA) is 109 Å². The molecule has 1 aromatic carbocycles. The molecule has 4 heterocycles. The zero-order valence-corrected chi connectivity index (χ0v) is 18.1. The SMILES string of the molecule is CC1CCN1S(=O)(=O)c1ccc(Nc2nn(C3CCCOC3)c3cc[nH]c(=O)c23)cc1. The van der Waals surface area contributed by atoms with E-state index in [-0.39, 0.29) is 22.5 Å². The van der Waals surface area contributed by atoms with E-state index in [0.29, 0.717) is 30.0 Å². The average molecular weight is 444 g/mol. The predicted octanol–water partition coefficient (Wildman–Crippen LogP) is 2.60. The third-order valence-electron chi connectivity index (χ3n) is 6.09. The van der Waals surface area contributed by atoms with Crippen molar-refractivity contribution in [1.82, 2.24) is 19.1 Å². The highest BCUT2D eigenvalue weighted by Gasteiger charge is 2.35. The van der Waals surface area contributed by atoms with Crippen LogP contribution in [0.5, 0.6) is 0 Å². The lowest BCUT2D eigenvalue weighted by atomic mass is 10.1. The zero-order valence-electron chi connectivity index (χ0n) is 17.2. The van der Waals surface area contributed by atoms with Gasteiger partial charge in [0.15, 0.2) is 5.82 Å². The van der Waals surface area contributed by atoms with Crippen molar-refractivity contribution in [3.63, 3.8) is 0 Å². The van der Waals surface area contributed by atoms with Gasteiger partial charge in [0.05, 0.1) is 23.1 Å². The van der Waals surface area contributed by atoms with Crippen LogP contribution in [0.25, 0.3) is 10.9 Å². The molecule has 0 saturated carbocycles. The monoisotopic (exact) mass is 443 g/mol. The van der Waals surface area contributed by atoms with Crippen molar-refractivity contribution in [2.75, 3.05) is 25.1 Å². The number of fused-ring (bicyclic) bond motifs is 1. The lowest BCUT2D eigenvalue weighted by Gasteiger charge is -2.37. The maximum Gasteiger partial charge on any atom is 0.261 e. The molecule has 0 bridgehead atoms. The molecule has 2 aromatic heterocycles. The van der Waals surface area contributed by atoms with Crippen molar-refractivity contribution in [2.24, 2.45) is 0 Å². The summed E-state index contributed by atoms with van der Waals surface area (Å²) < 4.78 is 34.4. The van der Waals surface area contributed by atoms with E-state index in [1.54, 1.807) is 30.5 Å². The van der Waals surface area contributed by atoms with E-state index in [1.165, 1.54) is 4.31 Å². The fourth-order valence-electron chi connectivity index (χ4n) is 4.21. The van der Waals surface area contributed by atoms with Gasteiger partial charge in [-0.15, -0.1) is 0 Å². The molecule has 0 spiro atoms. The minimum atomic E-state index is -3.48. The Hall–Kier alpha value is -2.69. The van der Waals surface area contributed by atoms with Crippen LogP contribution in [-0.2, 0) is 14.8 Å². The smallest absolute Gasteiger partial charge is 0.261 e. The number of nitrogens with zero attached hydrogens (tertiary/aromatic N) is 3. The highest BCUT2D eigenvalue weighted by Crippen LogP contribution is 2.30. The second-order valence-corrected chi connectivity index (χ2v) is 10.0. The van der Waals surface area contributed by atoms with E-state index >= 15 is 0 Å². The number of ether oxygens (including phenoxy) is 1. The number of pyridine rings is 1. The lowest BCUT2D eigenvalue weighted by molar-refractivity contribution is 0.0566. The molecule has 2 saturated heterocycles. The number of hydrogen-bond acceptors (Lipinski definition) is 6. The fraction of sp³-hybridized carbons (Fsp3) is 0.429. The van der Waals surface area contributed by atoms with Gasteiger partial charge in [-0.05, 0) is 56.5 Å². The Morgan fingerprint density at radius 3 is 2.65 bits per heavy atom. The molecular weight excluding hydrogens is 418 g/mol. The molecule has 2 fully saturated rings. The first-order valence-electron chi connectivity index (χ1n) is 10.5. The predicted molar refractivity (Wildman–Crippen MR) is 117 cm³/mol. The van der Waals surface area contributed by atoms with E-state index in [0.717, 1.165) is 31.4 Å². The van der Waals surface area contributed by atoms with E-state index in [2.05, 4.69) is 15.4 Å². The molecule has 9 nitrogen and oxygen atoms in total. The maximum atomic E-state index is 12.7. The highest BCUT2D eigenvalue weighted by atomic mass is 32.2. The van der Waals surface area contributed by atoms with Crippen LogP contribution >= 0.6 is 0 Å². The maximum absolute atomic E-state index is 12.7. The Balaban J connectivity index is 1.46. The van der Waals surface area contributed by atoms with Crippen molar-refractivity contribution in [3.8, 4) is 0 Å². The van der Waals surface area contributed by atoms with Gasteiger partial charge in [-0.2, -0.15) is 9.40 Å². The molecule has 31 heavy (non-hydrogen) atoms. The van der Waals surface area contributed by atoms with Crippen LogP contribution in [0.4, 0.5) is 11.5 Å². The molecule has 2 aliphatic rings. The van der Waals surface area contributed by atoms with Crippen molar-refractivity contribution < 1.29 is 13.2 Å². The van der Waals surface area contributed by atoms with Gasteiger partial charge in [0.25, 0.3) is 5.56 Å². The van der Waals surface area contributed by atoms with Crippen LogP contribution in [0, 0.1) is 0 Å². The summed E-state index contributed by atoms with van der Waals surface area (Å²) in [6, 6.07) is 8.51. The molecule has 5 rings (SSSR count). The van der Waals surface area contributed by atoms with Crippen LogP contribution in [0.15, 0.2) is 46.2 Å². The summed E-state index contributed by atoms with van der Waals surface area (Å²) in [5.74, 6) is 0.439. The Morgan fingerprint density at radius 2 is 2.00 bits per heavy atom. The summed E-state index contributed by atoms with van der Waals surface area (Å²) >= 11 is 0. The first-order chi connectivity index (χ1) is 14.9. The number of anilines is 2. The largest absolute Gasteiger partial charge is 0.379 e. The van der Waals surface area contributed by atoms with E-state index in [4.69, 9.17) is 4.74 Å². The molecule has 10 heteroatoms. The quantitative estimate of drug-likeness (QED) is 0.627. The molecule has 0 radical (unpaired) electrons. The van der Waals surface area contributed by atoms with E-state index < -0.39 is 10.0 Å². The van der Waals surface area contributed by atoms with Gasteiger partial charge >= 0.3 is 0 Å². The fourth-order valence-corrected chi connectivity index (χ4v) is 5.89. The van der Waals surface area contributed by atoms with Gasteiger partial charge in [-0.25, -0.2) is 8.42 Å². The number of nitrogens with one attached hydrogen (secondary N) is 2. The number of rotatable bonds is 5. The van der Waals surface area contributed by atoms with Gasteiger partial charge < -0.3 is 15.0 Å². The number of aromatic nitrogens is 3. The molecular formula is C21H25N5O4S. The van der Waals surface area contributed by atoms with Crippen LogP contribution in [0.1, 0.15) is 32.2 Å². The minimum Gasteiger partial charge on any atom is -0.379 e. The second-order valence-electron chi connectivity index (χ2n) is 8.13. The number of aromatic amines is 1. The molecule has 2 N–H and O–H groups in total. The first kappa shape index (κ1) is 20.2. The van der Waals surface area contributed by atoms with E-state index in [1.807, 2.05) is 17.7 Å². The third-order valence-corrected chi connectivity index (χ3v) is 8.12. The van der Waals surface area contributed by atoms with E-state index in [9.17, 15) is 13.2 Å². The summed E-state index contributed by atoms with van der Waals surface area (Å²) in [7, 11) is -3.48. The molecule has 2 aliphatic heterocycles. The number of hydrogen-bond donors (Lipinski definition) is 2. The number of H-pyrrole nitrogens is 1. The zero-order chi connectivity index (χ0) is 21.6. The summed E-state index contributed by atoms with van der Waals surface area (Å²) in [6.07, 6.45) is 4.38. The molecule has 2 atom stereocenters. The summed E-state index contributed by atoms with van der Waals surface area (Å²) in [5.41, 5.74) is 1.17. The van der Waals surface area contributed by atoms with Crippen LogP contribution < -0.4 is 10.9 Å². The normalized spacial score (nSPS) is 22.4. The summed E-state index contributed by atoms with van der Waals surface area (Å²) in [6.45, 7) is 3.77. The van der Waals surface area contributed by atoms with Crippen molar-refractivity contribution >= 4 is 32.4 Å². The Bertz CT molecular complexity index is 1260. The third kappa shape index (κ3) is 3.54. The Morgan fingerprint density at radius 1 is 1.19 bits per heavy atom. The van der Waals surface area contributed by atoms with Gasteiger partial charge in [0.1, 0.15) is 5.39 Å². The first-order valence-corrected chi connectivity index (χ1v) is 12.0. The molecule has 2 unspecified atom stereocenters. The van der Waals surface area contributed by atoms with Crippen molar-refractivity contribution in [1.29, 1.82) is 0 Å². The van der Waals surface area contributed by atoms with Gasteiger partial charge in [0.2, 0.25) is 10.0 Å². The minimum absolute atomic E-state index is 0.0358. The van der Waals surface area contributed by atoms with Crippen LogP contribution in [0.3, 0.4) is 0 Å². The van der Waals surface area contributed by atoms with Crippen LogP contribution in [0.2, 0.25) is 0 Å². The van der Waals surface area contributed by atoms with Gasteiger partial charge in [0, 0.05) is 31.1 Å². The lowest BCUT2D eigenvalue weighted by Crippen LogP contribution is -2.49. The highest BCUT2D eigenvalue weighted by molar-refractivity contribution is 7.89. The number of benzene rings is 1. The number of sulfonamides is 1. The second kappa shape index (κ2) is 7.77. The van der Waals surface area contributed by atoms with Gasteiger partial charge in [-0.1, -0.05) is 0 Å². The van der Waals surface area contributed by atoms with Crippen molar-refractivity contribution in [2.45, 2.75) is 43.2 Å². The summed E-state index contributed by atoms with van der Waals surface area (Å²) in [5, 5.41) is 8.34. The van der Waals surface area contributed by atoms with Crippen LogP contribution in [-0.4, -0.2) is 53.3 Å². The molecule has 0 amide bonds. The standard InChI is InChI=1S/C21H25N5O4S/c1-14-9-11-25(14)31(28,29)17-6-4-15(5-7-17)23-20-19-18(8-10-22-21(19)27)26(24-20)16-3-2-12-30-13-16/h4-8,10,14,16H,2-3,9,11-13H2,1H3,(H,22,27)(H,23,24). The molecule has 3 aromatic rings. The molecule has 0 aliphatic carbocycles. The summed E-state index contributed by atoms with van der Waals surface area (Å²) in [4.78, 5) is 15.5. The Kier molecular flexibility index (Phi) is 5.07. The van der Waals surface area contributed by atoms with Crippen molar-refractivity contribution in [3.05, 3.63) is 46.9 Å². The average Bonchev–Trinajstić information content (AvgIpc) is 3.13. The van der Waals surface area contributed by atoms with Gasteiger partial charge in [-0.3, -0.25) is 9.48 Å². The molecule has 164 valence electrons.